The molecule has 0 spiro atoms. The highest BCUT2D eigenvalue weighted by molar-refractivity contribution is 9.10. The van der Waals surface area contributed by atoms with Crippen LogP contribution in [0.5, 0.6) is 0 Å². The molecule has 0 aromatic heterocycles. The number of fused-ring (bicyclic) bond motifs is 1. The Hall–Kier alpha value is -1.03. The predicted molar refractivity (Wildman–Crippen MR) is 69.7 cm³/mol. The van der Waals surface area contributed by atoms with Crippen LogP contribution in [-0.4, -0.2) is 11.9 Å². The molecule has 1 aliphatic rings. The average Bonchev–Trinajstić information content (AvgIpc) is 2.27. The predicted octanol–water partition coefficient (Wildman–Crippen LogP) is 3.37. The number of unbranched alkanes of at least 4 members (excludes halogenated alkanes) is 1. The van der Waals surface area contributed by atoms with Gasteiger partial charge in [-0.3, -0.25) is 4.79 Å². The SMILES string of the molecule is CCCCC1Nc2cc(Br)ccc2NC1=O. The van der Waals surface area contributed by atoms with Crippen molar-refractivity contribution in [2.24, 2.45) is 0 Å². The summed E-state index contributed by atoms with van der Waals surface area (Å²) in [6.07, 6.45) is 3.06. The molecule has 0 aliphatic carbocycles. The Labute approximate surface area is 104 Å². The maximum Gasteiger partial charge on any atom is 0.246 e. The van der Waals surface area contributed by atoms with E-state index in [2.05, 4.69) is 33.5 Å². The van der Waals surface area contributed by atoms with Gasteiger partial charge in [0.25, 0.3) is 0 Å². The lowest BCUT2D eigenvalue weighted by Crippen LogP contribution is -2.38. The van der Waals surface area contributed by atoms with E-state index < -0.39 is 0 Å². The summed E-state index contributed by atoms with van der Waals surface area (Å²) in [4.78, 5) is 11.8. The van der Waals surface area contributed by atoms with Crippen LogP contribution in [0.15, 0.2) is 22.7 Å². The first kappa shape index (κ1) is 11.5. The number of rotatable bonds is 3. The van der Waals surface area contributed by atoms with Gasteiger partial charge in [0.15, 0.2) is 0 Å². The summed E-state index contributed by atoms with van der Waals surface area (Å²) >= 11 is 3.43. The van der Waals surface area contributed by atoms with E-state index in [-0.39, 0.29) is 11.9 Å². The number of hydrogen-bond acceptors (Lipinski definition) is 2. The monoisotopic (exact) mass is 282 g/mol. The van der Waals surface area contributed by atoms with Gasteiger partial charge in [0.1, 0.15) is 6.04 Å². The fraction of sp³-hybridized carbons (Fsp3) is 0.417. The van der Waals surface area contributed by atoms with Crippen LogP contribution in [0.4, 0.5) is 11.4 Å². The zero-order valence-corrected chi connectivity index (χ0v) is 10.8. The molecule has 3 nitrogen and oxygen atoms in total. The van der Waals surface area contributed by atoms with Gasteiger partial charge in [-0.25, -0.2) is 0 Å². The second kappa shape index (κ2) is 4.87. The highest BCUT2D eigenvalue weighted by Gasteiger charge is 2.24. The van der Waals surface area contributed by atoms with E-state index in [0.29, 0.717) is 0 Å². The van der Waals surface area contributed by atoms with Crippen molar-refractivity contribution < 1.29 is 4.79 Å². The molecule has 1 heterocycles. The lowest BCUT2D eigenvalue weighted by atomic mass is 10.1. The fourth-order valence-corrected chi connectivity index (χ4v) is 2.19. The molecule has 0 radical (unpaired) electrons. The van der Waals surface area contributed by atoms with Crippen molar-refractivity contribution in [3.63, 3.8) is 0 Å². The average molecular weight is 283 g/mol. The van der Waals surface area contributed by atoms with E-state index in [0.717, 1.165) is 35.1 Å². The van der Waals surface area contributed by atoms with E-state index in [1.807, 2.05) is 18.2 Å². The topological polar surface area (TPSA) is 41.1 Å². The third-order valence-electron chi connectivity index (χ3n) is 2.73. The van der Waals surface area contributed by atoms with E-state index in [9.17, 15) is 4.79 Å². The second-order valence-electron chi connectivity index (χ2n) is 4.02. The number of amides is 1. The summed E-state index contributed by atoms with van der Waals surface area (Å²) in [5, 5.41) is 6.20. The van der Waals surface area contributed by atoms with Crippen LogP contribution in [0.3, 0.4) is 0 Å². The van der Waals surface area contributed by atoms with Gasteiger partial charge in [0.05, 0.1) is 11.4 Å². The number of carbonyl (C=O) groups excluding carboxylic acids is 1. The molecule has 0 saturated heterocycles. The number of anilines is 2. The molecule has 2 N–H and O–H groups in total. The molecule has 2 rings (SSSR count). The Kier molecular flexibility index (Phi) is 3.49. The van der Waals surface area contributed by atoms with Gasteiger partial charge in [0.2, 0.25) is 5.91 Å². The maximum atomic E-state index is 11.8. The maximum absolute atomic E-state index is 11.8. The van der Waals surface area contributed by atoms with Crippen LogP contribution in [0, 0.1) is 0 Å². The minimum atomic E-state index is -0.0956. The van der Waals surface area contributed by atoms with Gasteiger partial charge >= 0.3 is 0 Å². The first-order valence-electron chi connectivity index (χ1n) is 5.57. The molecular formula is C12H15BrN2O. The third-order valence-corrected chi connectivity index (χ3v) is 3.23. The third kappa shape index (κ3) is 2.38. The molecule has 0 fully saturated rings. The van der Waals surface area contributed by atoms with Crippen LogP contribution in [0.25, 0.3) is 0 Å². The highest BCUT2D eigenvalue weighted by Crippen LogP contribution is 2.30. The molecule has 1 unspecified atom stereocenters. The van der Waals surface area contributed by atoms with Gasteiger partial charge in [-0.15, -0.1) is 0 Å². The molecular weight excluding hydrogens is 268 g/mol. The smallest absolute Gasteiger partial charge is 0.246 e. The van der Waals surface area contributed by atoms with Crippen molar-refractivity contribution >= 4 is 33.2 Å². The molecule has 1 aromatic rings. The molecule has 4 heteroatoms. The number of halogens is 1. The summed E-state index contributed by atoms with van der Waals surface area (Å²) in [5.74, 6) is 0.0725. The van der Waals surface area contributed by atoms with E-state index in [4.69, 9.17) is 0 Å². The summed E-state index contributed by atoms with van der Waals surface area (Å²) in [6, 6.07) is 5.73. The van der Waals surface area contributed by atoms with Gasteiger partial charge in [-0.05, 0) is 24.6 Å². The zero-order chi connectivity index (χ0) is 11.5. The quantitative estimate of drug-likeness (QED) is 0.893. The molecule has 0 bridgehead atoms. The molecule has 1 amide bonds. The van der Waals surface area contributed by atoms with Gasteiger partial charge in [0, 0.05) is 4.47 Å². The fourth-order valence-electron chi connectivity index (χ4n) is 1.83. The summed E-state index contributed by atoms with van der Waals surface area (Å²) in [6.45, 7) is 2.13. The number of hydrogen-bond donors (Lipinski definition) is 2. The Morgan fingerprint density at radius 2 is 2.19 bits per heavy atom. The van der Waals surface area contributed by atoms with Crippen molar-refractivity contribution in [3.05, 3.63) is 22.7 Å². The molecule has 86 valence electrons. The van der Waals surface area contributed by atoms with Crippen LogP contribution in [0.1, 0.15) is 26.2 Å². The van der Waals surface area contributed by atoms with Crippen molar-refractivity contribution in [3.8, 4) is 0 Å². The number of benzene rings is 1. The van der Waals surface area contributed by atoms with Crippen LogP contribution >= 0.6 is 15.9 Å². The minimum Gasteiger partial charge on any atom is -0.372 e. The van der Waals surface area contributed by atoms with Crippen molar-refractivity contribution in [2.45, 2.75) is 32.2 Å². The standard InChI is InChI=1S/C12H15BrN2O/c1-2-3-4-10-12(16)15-9-6-5-8(13)7-11(9)14-10/h5-7,10,14H,2-4H2,1H3,(H,15,16). The minimum absolute atomic E-state index is 0.0725. The summed E-state index contributed by atoms with van der Waals surface area (Å²) < 4.78 is 1.02. The lowest BCUT2D eigenvalue weighted by Gasteiger charge is -2.26. The van der Waals surface area contributed by atoms with Gasteiger partial charge in [-0.2, -0.15) is 0 Å². The van der Waals surface area contributed by atoms with E-state index in [1.165, 1.54) is 0 Å². The lowest BCUT2D eigenvalue weighted by molar-refractivity contribution is -0.117. The van der Waals surface area contributed by atoms with Crippen molar-refractivity contribution in [1.29, 1.82) is 0 Å². The second-order valence-corrected chi connectivity index (χ2v) is 4.93. The number of carbonyl (C=O) groups is 1. The van der Waals surface area contributed by atoms with Crippen molar-refractivity contribution in [1.82, 2.24) is 0 Å². The van der Waals surface area contributed by atoms with Gasteiger partial charge < -0.3 is 10.6 Å². The molecule has 1 aromatic carbocycles. The Bertz CT molecular complexity index is 406. The van der Waals surface area contributed by atoms with Gasteiger partial charge in [-0.1, -0.05) is 35.7 Å². The molecule has 1 aliphatic heterocycles. The van der Waals surface area contributed by atoms with Crippen LogP contribution in [0.2, 0.25) is 0 Å². The first-order valence-corrected chi connectivity index (χ1v) is 6.37. The first-order chi connectivity index (χ1) is 7.70. The Morgan fingerprint density at radius 1 is 1.38 bits per heavy atom. The number of nitrogens with one attached hydrogen (secondary N) is 2. The van der Waals surface area contributed by atoms with E-state index in [1.54, 1.807) is 0 Å². The van der Waals surface area contributed by atoms with E-state index >= 15 is 0 Å². The van der Waals surface area contributed by atoms with Crippen LogP contribution in [-0.2, 0) is 4.79 Å². The molecule has 1 atom stereocenters. The zero-order valence-electron chi connectivity index (χ0n) is 9.22. The summed E-state index contributed by atoms with van der Waals surface area (Å²) in [5.41, 5.74) is 1.86. The Balaban J connectivity index is 2.16. The summed E-state index contributed by atoms with van der Waals surface area (Å²) in [7, 11) is 0. The molecule has 0 saturated carbocycles. The van der Waals surface area contributed by atoms with Crippen molar-refractivity contribution in [2.75, 3.05) is 10.6 Å². The molecule has 16 heavy (non-hydrogen) atoms. The van der Waals surface area contributed by atoms with Crippen LogP contribution < -0.4 is 10.6 Å². The largest absolute Gasteiger partial charge is 0.372 e. The normalized spacial score (nSPS) is 18.6. The highest BCUT2D eigenvalue weighted by atomic mass is 79.9. The Morgan fingerprint density at radius 3 is 2.94 bits per heavy atom.